The van der Waals surface area contributed by atoms with Crippen molar-refractivity contribution in [3.05, 3.63) is 24.3 Å². The van der Waals surface area contributed by atoms with E-state index in [1.54, 1.807) is 0 Å². The molecule has 0 saturated carbocycles. The molecule has 0 aliphatic carbocycles. The van der Waals surface area contributed by atoms with Gasteiger partial charge in [-0.3, -0.25) is 4.79 Å². The van der Waals surface area contributed by atoms with Crippen molar-refractivity contribution in [2.24, 2.45) is 5.73 Å². The zero-order chi connectivity index (χ0) is 23.4. The first-order valence-electron chi connectivity index (χ1n) is 13.3. The van der Waals surface area contributed by atoms with Crippen LogP contribution >= 0.6 is 0 Å². The number of allylic oxidation sites excluding steroid dienone is 4. The molecule has 0 rings (SSSR count). The maximum Gasteiger partial charge on any atom is 0.217 e. The molecule has 0 aromatic rings. The van der Waals surface area contributed by atoms with Crippen molar-refractivity contribution in [2.45, 2.75) is 135 Å². The van der Waals surface area contributed by atoms with Crippen LogP contribution in [0.5, 0.6) is 0 Å². The molecular formula is C30H49NO. The summed E-state index contributed by atoms with van der Waals surface area (Å²) in [5.41, 5.74) is 5.13. The van der Waals surface area contributed by atoms with Gasteiger partial charge in [-0.15, -0.1) is 0 Å². The number of unbranched alkanes of at least 4 members (excludes halogenated alkanes) is 16. The molecule has 32 heavy (non-hydrogen) atoms. The van der Waals surface area contributed by atoms with E-state index in [4.69, 9.17) is 5.73 Å². The predicted molar refractivity (Wildman–Crippen MR) is 141 cm³/mol. The molecule has 0 aliphatic rings. The van der Waals surface area contributed by atoms with E-state index < -0.39 is 0 Å². The molecule has 0 heterocycles. The Labute approximate surface area is 199 Å². The first-order chi connectivity index (χ1) is 15.8. The molecule has 0 spiro atoms. The van der Waals surface area contributed by atoms with Crippen LogP contribution in [0.15, 0.2) is 24.3 Å². The molecule has 0 bridgehead atoms. The third-order valence-corrected chi connectivity index (χ3v) is 5.49. The average molecular weight is 440 g/mol. The SMILES string of the molecule is CCCCCCCC/C=C/C=C/CCCCCC#CC#CCCCCCCCCC(N)=O. The fraction of sp³-hybridized carbons (Fsp3) is 0.700. The van der Waals surface area contributed by atoms with Crippen LogP contribution in [0.1, 0.15) is 135 Å². The standard InChI is InChI=1S/C30H49NO/c1-2-3-4-5-6-7-8-9-10-11-12-13-14-15-16-17-18-19-20-21-22-23-24-25-26-27-28-29-30(31)32/h9-12H,2-8,13-17,22-29H2,1H3,(H2,31,32)/b10-9+,12-11+. The number of carbonyl (C=O) groups is 1. The third-order valence-electron chi connectivity index (χ3n) is 5.49. The lowest BCUT2D eigenvalue weighted by Gasteiger charge is -1.98. The van der Waals surface area contributed by atoms with Crippen LogP contribution in [0.2, 0.25) is 0 Å². The summed E-state index contributed by atoms with van der Waals surface area (Å²) >= 11 is 0. The summed E-state index contributed by atoms with van der Waals surface area (Å²) in [4.78, 5) is 10.6. The van der Waals surface area contributed by atoms with Crippen LogP contribution in [0, 0.1) is 23.7 Å². The van der Waals surface area contributed by atoms with Gasteiger partial charge >= 0.3 is 0 Å². The van der Waals surface area contributed by atoms with Gasteiger partial charge in [0.25, 0.3) is 0 Å². The summed E-state index contributed by atoms with van der Waals surface area (Å²) in [5, 5.41) is 0. The zero-order valence-corrected chi connectivity index (χ0v) is 20.9. The molecule has 0 saturated heterocycles. The number of primary amides is 1. The fourth-order valence-corrected chi connectivity index (χ4v) is 3.48. The molecular weight excluding hydrogens is 390 g/mol. The molecule has 2 N–H and O–H groups in total. The van der Waals surface area contributed by atoms with Gasteiger partial charge in [0.15, 0.2) is 0 Å². The number of hydrogen-bond donors (Lipinski definition) is 1. The van der Waals surface area contributed by atoms with Gasteiger partial charge in [-0.05, 0) is 56.8 Å². The molecule has 2 heteroatoms. The largest absolute Gasteiger partial charge is 0.370 e. The van der Waals surface area contributed by atoms with Gasteiger partial charge in [-0.2, -0.15) is 0 Å². The van der Waals surface area contributed by atoms with Crippen molar-refractivity contribution in [1.82, 2.24) is 0 Å². The van der Waals surface area contributed by atoms with Crippen molar-refractivity contribution >= 4 is 5.91 Å². The molecule has 0 atom stereocenters. The summed E-state index contributed by atoms with van der Waals surface area (Å²) in [6.45, 7) is 2.27. The Morgan fingerprint density at radius 2 is 1.06 bits per heavy atom. The molecule has 0 aliphatic heterocycles. The minimum Gasteiger partial charge on any atom is -0.370 e. The van der Waals surface area contributed by atoms with Crippen LogP contribution in [-0.2, 0) is 4.79 Å². The Hall–Kier alpha value is -1.93. The minimum atomic E-state index is -0.184. The predicted octanol–water partition coefficient (Wildman–Crippen LogP) is 8.41. The molecule has 180 valence electrons. The van der Waals surface area contributed by atoms with Gasteiger partial charge in [-0.25, -0.2) is 0 Å². The monoisotopic (exact) mass is 439 g/mol. The van der Waals surface area contributed by atoms with Gasteiger partial charge in [0, 0.05) is 19.3 Å². The second-order valence-corrected chi connectivity index (χ2v) is 8.70. The van der Waals surface area contributed by atoms with Crippen LogP contribution in [0.4, 0.5) is 0 Å². The smallest absolute Gasteiger partial charge is 0.217 e. The lowest BCUT2D eigenvalue weighted by molar-refractivity contribution is -0.118. The number of rotatable bonds is 21. The van der Waals surface area contributed by atoms with Crippen molar-refractivity contribution in [3.8, 4) is 23.7 Å². The Bertz CT molecular complexity index is 594. The Morgan fingerprint density at radius 1 is 0.625 bits per heavy atom. The topological polar surface area (TPSA) is 43.1 Å². The normalized spacial score (nSPS) is 10.8. The highest BCUT2D eigenvalue weighted by molar-refractivity contribution is 5.73. The highest BCUT2D eigenvalue weighted by Gasteiger charge is 1.94. The minimum absolute atomic E-state index is 0.184. The average Bonchev–Trinajstić information content (AvgIpc) is 2.78. The van der Waals surface area contributed by atoms with Crippen LogP contribution in [0.25, 0.3) is 0 Å². The first-order valence-corrected chi connectivity index (χ1v) is 13.3. The Morgan fingerprint density at radius 3 is 1.59 bits per heavy atom. The van der Waals surface area contributed by atoms with Crippen molar-refractivity contribution < 1.29 is 4.79 Å². The van der Waals surface area contributed by atoms with E-state index in [1.807, 2.05) is 0 Å². The van der Waals surface area contributed by atoms with E-state index in [0.717, 1.165) is 32.1 Å². The number of nitrogens with two attached hydrogens (primary N) is 1. The van der Waals surface area contributed by atoms with Gasteiger partial charge in [-0.1, -0.05) is 107 Å². The first kappa shape index (κ1) is 30.1. The van der Waals surface area contributed by atoms with E-state index in [9.17, 15) is 4.79 Å². The van der Waals surface area contributed by atoms with Crippen molar-refractivity contribution in [1.29, 1.82) is 0 Å². The molecule has 0 aromatic heterocycles. The Kier molecular flexibility index (Phi) is 25.5. The maximum atomic E-state index is 10.6. The summed E-state index contributed by atoms with van der Waals surface area (Å²) in [6.07, 6.45) is 32.5. The second kappa shape index (κ2) is 27.1. The van der Waals surface area contributed by atoms with Crippen LogP contribution in [-0.4, -0.2) is 5.91 Å². The molecule has 0 aromatic carbocycles. The van der Waals surface area contributed by atoms with Gasteiger partial charge in [0.1, 0.15) is 0 Å². The lowest BCUT2D eigenvalue weighted by Crippen LogP contribution is -2.09. The van der Waals surface area contributed by atoms with Gasteiger partial charge < -0.3 is 5.73 Å². The molecule has 0 unspecified atom stereocenters. The number of carbonyl (C=O) groups excluding carboxylic acids is 1. The number of amides is 1. The lowest BCUT2D eigenvalue weighted by atomic mass is 10.1. The van der Waals surface area contributed by atoms with Crippen LogP contribution in [0.3, 0.4) is 0 Å². The maximum absolute atomic E-state index is 10.6. The van der Waals surface area contributed by atoms with Crippen LogP contribution < -0.4 is 5.73 Å². The molecule has 2 nitrogen and oxygen atoms in total. The molecule has 1 amide bonds. The fourth-order valence-electron chi connectivity index (χ4n) is 3.48. The van der Waals surface area contributed by atoms with Crippen molar-refractivity contribution in [3.63, 3.8) is 0 Å². The summed E-state index contributed by atoms with van der Waals surface area (Å²) in [7, 11) is 0. The zero-order valence-electron chi connectivity index (χ0n) is 20.9. The molecule has 0 fully saturated rings. The van der Waals surface area contributed by atoms with Crippen molar-refractivity contribution in [2.75, 3.05) is 0 Å². The van der Waals surface area contributed by atoms with E-state index >= 15 is 0 Å². The highest BCUT2D eigenvalue weighted by atomic mass is 16.1. The summed E-state index contributed by atoms with van der Waals surface area (Å²) in [5.74, 6) is 12.1. The Balaban J connectivity index is 3.36. The summed E-state index contributed by atoms with van der Waals surface area (Å²) < 4.78 is 0. The number of hydrogen-bond acceptors (Lipinski definition) is 1. The van der Waals surface area contributed by atoms with E-state index in [2.05, 4.69) is 54.9 Å². The quantitative estimate of drug-likeness (QED) is 0.109. The second-order valence-electron chi connectivity index (χ2n) is 8.70. The van der Waals surface area contributed by atoms with E-state index in [0.29, 0.717) is 6.42 Å². The summed E-state index contributed by atoms with van der Waals surface area (Å²) in [6, 6.07) is 0. The third kappa shape index (κ3) is 28.1. The van der Waals surface area contributed by atoms with E-state index in [1.165, 1.54) is 89.9 Å². The van der Waals surface area contributed by atoms with E-state index in [-0.39, 0.29) is 5.91 Å². The highest BCUT2D eigenvalue weighted by Crippen LogP contribution is 2.09. The van der Waals surface area contributed by atoms with Gasteiger partial charge in [0.2, 0.25) is 5.91 Å². The molecule has 0 radical (unpaired) electrons. The van der Waals surface area contributed by atoms with Gasteiger partial charge in [0.05, 0.1) is 0 Å².